The molecule has 1 amide bonds. The third kappa shape index (κ3) is 4.20. The van der Waals surface area contributed by atoms with Crippen LogP contribution < -0.4 is 15.0 Å². The highest BCUT2D eigenvalue weighted by Crippen LogP contribution is 2.28. The van der Waals surface area contributed by atoms with Gasteiger partial charge in [0.1, 0.15) is 17.3 Å². The first-order valence-corrected chi connectivity index (χ1v) is 11.3. The molecular weight excluding hydrogens is 404 g/mol. The zero-order valence-corrected chi connectivity index (χ0v) is 17.4. The number of rotatable bonds is 6. The van der Waals surface area contributed by atoms with Gasteiger partial charge in [-0.25, -0.2) is 18.4 Å². The van der Waals surface area contributed by atoms with Crippen molar-refractivity contribution in [3.8, 4) is 5.75 Å². The van der Waals surface area contributed by atoms with E-state index in [1.807, 2.05) is 12.1 Å². The lowest BCUT2D eigenvalue weighted by molar-refractivity contribution is -0.113. The zero-order chi connectivity index (χ0) is 21.1. The van der Waals surface area contributed by atoms with Crippen LogP contribution in [0.4, 0.5) is 11.5 Å². The SMILES string of the molecule is COc1ccc(NC(=O)CS(=O)(=O)c2nc(N3CCCC3)c3ccccc3n2)cc1. The van der Waals surface area contributed by atoms with Gasteiger partial charge in [0.05, 0.1) is 12.6 Å². The summed E-state index contributed by atoms with van der Waals surface area (Å²) in [6, 6.07) is 14.0. The van der Waals surface area contributed by atoms with Gasteiger partial charge in [0.2, 0.25) is 20.9 Å². The largest absolute Gasteiger partial charge is 0.497 e. The molecule has 1 fully saturated rings. The maximum Gasteiger partial charge on any atom is 0.250 e. The van der Waals surface area contributed by atoms with Crippen LogP contribution in [0.15, 0.2) is 53.7 Å². The molecule has 0 spiro atoms. The third-order valence-electron chi connectivity index (χ3n) is 4.94. The lowest BCUT2D eigenvalue weighted by Crippen LogP contribution is -2.26. The highest BCUT2D eigenvalue weighted by molar-refractivity contribution is 7.92. The summed E-state index contributed by atoms with van der Waals surface area (Å²) in [4.78, 5) is 23.1. The Hall–Kier alpha value is -3.20. The molecule has 30 heavy (non-hydrogen) atoms. The predicted molar refractivity (Wildman–Crippen MR) is 115 cm³/mol. The number of nitrogens with one attached hydrogen (secondary N) is 1. The van der Waals surface area contributed by atoms with Crippen LogP contribution in [0, 0.1) is 0 Å². The smallest absolute Gasteiger partial charge is 0.250 e. The first-order valence-electron chi connectivity index (χ1n) is 9.65. The minimum atomic E-state index is -4.02. The van der Waals surface area contributed by atoms with Crippen LogP contribution in [-0.4, -0.2) is 50.2 Å². The summed E-state index contributed by atoms with van der Waals surface area (Å²) in [5.74, 6) is -0.150. The maximum absolute atomic E-state index is 12.9. The second-order valence-corrected chi connectivity index (χ2v) is 8.96. The van der Waals surface area contributed by atoms with Crippen LogP contribution in [0.1, 0.15) is 12.8 Å². The summed E-state index contributed by atoms with van der Waals surface area (Å²) in [6.07, 6.45) is 2.06. The van der Waals surface area contributed by atoms with Crippen LogP contribution in [0.5, 0.6) is 5.75 Å². The van der Waals surface area contributed by atoms with Crippen molar-refractivity contribution in [2.75, 3.05) is 36.2 Å². The lowest BCUT2D eigenvalue weighted by Gasteiger charge is -2.19. The Morgan fingerprint density at radius 2 is 1.77 bits per heavy atom. The van der Waals surface area contributed by atoms with Gasteiger partial charge in [0.15, 0.2) is 0 Å². The molecule has 4 rings (SSSR count). The standard InChI is InChI=1S/C21H22N4O4S/c1-29-16-10-8-15(9-11-16)22-19(26)14-30(27,28)21-23-18-7-3-2-6-17(18)20(24-21)25-12-4-5-13-25/h2-3,6-11H,4-5,12-14H2,1H3,(H,22,26). The minimum Gasteiger partial charge on any atom is -0.497 e. The fourth-order valence-electron chi connectivity index (χ4n) is 3.46. The number of ether oxygens (including phenoxy) is 1. The van der Waals surface area contributed by atoms with Gasteiger partial charge in [-0.1, -0.05) is 12.1 Å². The van der Waals surface area contributed by atoms with E-state index in [4.69, 9.17) is 4.74 Å². The summed E-state index contributed by atoms with van der Waals surface area (Å²) >= 11 is 0. The Kier molecular flexibility index (Phi) is 5.54. The Balaban J connectivity index is 1.60. The van der Waals surface area contributed by atoms with Crippen molar-refractivity contribution >= 4 is 38.2 Å². The third-order valence-corrected chi connectivity index (χ3v) is 6.32. The van der Waals surface area contributed by atoms with Gasteiger partial charge in [0, 0.05) is 24.2 Å². The first kappa shape index (κ1) is 20.1. The van der Waals surface area contributed by atoms with Crippen molar-refractivity contribution in [1.82, 2.24) is 9.97 Å². The number of benzene rings is 2. The van der Waals surface area contributed by atoms with Gasteiger partial charge in [-0.2, -0.15) is 0 Å². The average Bonchev–Trinajstić information content (AvgIpc) is 3.28. The molecule has 1 aromatic heterocycles. The Morgan fingerprint density at radius 1 is 1.07 bits per heavy atom. The van der Waals surface area contributed by atoms with E-state index in [-0.39, 0.29) is 5.16 Å². The number of fused-ring (bicyclic) bond motifs is 1. The normalized spacial score (nSPS) is 14.1. The van der Waals surface area contributed by atoms with Crippen molar-refractivity contribution in [2.24, 2.45) is 0 Å². The summed E-state index contributed by atoms with van der Waals surface area (Å²) in [5, 5.41) is 3.07. The van der Waals surface area contributed by atoms with Crippen molar-refractivity contribution < 1.29 is 17.9 Å². The highest BCUT2D eigenvalue weighted by atomic mass is 32.2. The van der Waals surface area contributed by atoms with E-state index in [0.29, 0.717) is 22.8 Å². The minimum absolute atomic E-state index is 0.326. The molecule has 0 bridgehead atoms. The molecule has 0 radical (unpaired) electrons. The number of aromatic nitrogens is 2. The molecule has 1 N–H and O–H groups in total. The van der Waals surface area contributed by atoms with Crippen LogP contribution in [0.3, 0.4) is 0 Å². The molecule has 1 aliphatic rings. The maximum atomic E-state index is 12.9. The van der Waals surface area contributed by atoms with Crippen molar-refractivity contribution in [1.29, 1.82) is 0 Å². The van der Waals surface area contributed by atoms with Crippen molar-refractivity contribution in [2.45, 2.75) is 18.0 Å². The van der Waals surface area contributed by atoms with Gasteiger partial charge in [-0.05, 0) is 49.2 Å². The van der Waals surface area contributed by atoms with E-state index < -0.39 is 21.5 Å². The molecule has 2 aromatic carbocycles. The zero-order valence-electron chi connectivity index (χ0n) is 16.5. The molecule has 0 aliphatic carbocycles. The van der Waals surface area contributed by atoms with Crippen molar-refractivity contribution in [3.63, 3.8) is 0 Å². The average molecular weight is 426 g/mol. The van der Waals surface area contributed by atoms with E-state index >= 15 is 0 Å². The Labute approximate surface area is 174 Å². The lowest BCUT2D eigenvalue weighted by atomic mass is 10.2. The summed E-state index contributed by atoms with van der Waals surface area (Å²) in [6.45, 7) is 1.64. The number of sulfone groups is 1. The monoisotopic (exact) mass is 426 g/mol. The number of hydrogen-bond acceptors (Lipinski definition) is 7. The molecule has 2 heterocycles. The van der Waals surface area contributed by atoms with E-state index in [1.165, 1.54) is 0 Å². The van der Waals surface area contributed by atoms with Gasteiger partial charge in [-0.15, -0.1) is 0 Å². The van der Waals surface area contributed by atoms with E-state index in [0.717, 1.165) is 31.3 Å². The van der Waals surface area contributed by atoms with E-state index in [9.17, 15) is 13.2 Å². The quantitative estimate of drug-likeness (QED) is 0.605. The molecule has 156 valence electrons. The van der Waals surface area contributed by atoms with Gasteiger partial charge >= 0.3 is 0 Å². The number of carbonyl (C=O) groups excluding carboxylic acids is 1. The van der Waals surface area contributed by atoms with E-state index in [1.54, 1.807) is 43.5 Å². The fraction of sp³-hybridized carbons (Fsp3) is 0.286. The Bertz CT molecular complexity index is 1170. The molecule has 1 aliphatic heterocycles. The summed E-state index contributed by atoms with van der Waals surface area (Å²) in [5.41, 5.74) is 1.02. The summed E-state index contributed by atoms with van der Waals surface area (Å²) < 4.78 is 30.9. The molecule has 9 heteroatoms. The van der Waals surface area contributed by atoms with Crippen LogP contribution in [0.2, 0.25) is 0 Å². The second-order valence-electron chi connectivity index (χ2n) is 7.08. The van der Waals surface area contributed by atoms with Crippen LogP contribution >= 0.6 is 0 Å². The van der Waals surface area contributed by atoms with E-state index in [2.05, 4.69) is 20.2 Å². The second kappa shape index (κ2) is 8.27. The molecule has 3 aromatic rings. The highest BCUT2D eigenvalue weighted by Gasteiger charge is 2.26. The number of anilines is 2. The number of methoxy groups -OCH3 is 1. The number of hydrogen-bond donors (Lipinski definition) is 1. The predicted octanol–water partition coefficient (Wildman–Crippen LogP) is 2.65. The van der Waals surface area contributed by atoms with Gasteiger partial charge in [0.25, 0.3) is 0 Å². The Morgan fingerprint density at radius 3 is 2.47 bits per heavy atom. The van der Waals surface area contributed by atoms with Crippen LogP contribution in [0.25, 0.3) is 10.9 Å². The fourth-order valence-corrected chi connectivity index (χ4v) is 4.47. The molecule has 0 atom stereocenters. The molecule has 1 saturated heterocycles. The van der Waals surface area contributed by atoms with Crippen molar-refractivity contribution in [3.05, 3.63) is 48.5 Å². The number of amides is 1. The molecule has 8 nitrogen and oxygen atoms in total. The number of carbonyl (C=O) groups is 1. The van der Waals surface area contributed by atoms with Gasteiger partial charge < -0.3 is 15.0 Å². The number of nitrogens with zero attached hydrogens (tertiary/aromatic N) is 3. The van der Waals surface area contributed by atoms with Crippen LogP contribution in [-0.2, 0) is 14.6 Å². The van der Waals surface area contributed by atoms with Gasteiger partial charge in [-0.3, -0.25) is 4.79 Å². The molecule has 0 saturated carbocycles. The topological polar surface area (TPSA) is 101 Å². The number of para-hydroxylation sites is 1. The summed E-state index contributed by atoms with van der Waals surface area (Å²) in [7, 11) is -2.48. The first-order chi connectivity index (χ1) is 14.5. The molecule has 0 unspecified atom stereocenters. The molecular formula is C21H22N4O4S.